The van der Waals surface area contributed by atoms with Crippen molar-refractivity contribution >= 4 is 10.0 Å². The van der Waals surface area contributed by atoms with Crippen LogP contribution in [0.2, 0.25) is 0 Å². The highest BCUT2D eigenvalue weighted by atomic mass is 32.2. The van der Waals surface area contributed by atoms with Crippen LogP contribution < -0.4 is 9.88 Å². The molecule has 2 aromatic rings. The summed E-state index contributed by atoms with van der Waals surface area (Å²) in [5, 5.41) is 5.11. The van der Waals surface area contributed by atoms with Crippen molar-refractivity contribution in [3.8, 4) is 5.75 Å². The first kappa shape index (κ1) is 14.5. The maximum Gasteiger partial charge on any atom is 0.238 e. The molecule has 0 fully saturated rings. The number of hydrogen-bond acceptors (Lipinski definition) is 4. The second-order valence-corrected chi connectivity index (χ2v) is 5.96. The van der Waals surface area contributed by atoms with Crippen LogP contribution >= 0.6 is 0 Å². The van der Waals surface area contributed by atoms with E-state index in [4.69, 9.17) is 9.88 Å². The molecule has 0 bridgehead atoms. The minimum Gasteiger partial charge on any atom is -0.493 e. The van der Waals surface area contributed by atoms with Crippen LogP contribution in [-0.4, -0.2) is 20.0 Å². The number of aryl methyl sites for hydroxylation is 1. The van der Waals surface area contributed by atoms with Crippen LogP contribution in [0.15, 0.2) is 47.6 Å². The van der Waals surface area contributed by atoms with E-state index in [0.29, 0.717) is 17.9 Å². The molecule has 1 aromatic heterocycles. The van der Waals surface area contributed by atoms with Gasteiger partial charge in [-0.25, -0.2) is 13.6 Å². The average molecular weight is 292 g/mol. The van der Waals surface area contributed by atoms with E-state index < -0.39 is 10.0 Å². The summed E-state index contributed by atoms with van der Waals surface area (Å²) in [6, 6.07) is 8.61. The highest BCUT2D eigenvalue weighted by Gasteiger charge is 2.11. The minimum absolute atomic E-state index is 0.124. The van der Waals surface area contributed by atoms with E-state index in [0.717, 1.165) is 12.0 Å². The molecule has 0 saturated heterocycles. The van der Waals surface area contributed by atoms with Crippen LogP contribution in [0.4, 0.5) is 0 Å². The van der Waals surface area contributed by atoms with Gasteiger partial charge in [0.05, 0.1) is 11.5 Å². The third-order valence-electron chi connectivity index (χ3n) is 2.86. The molecule has 0 unspecified atom stereocenters. The molecule has 0 saturated carbocycles. The second kappa shape index (κ2) is 6.02. The van der Waals surface area contributed by atoms with Gasteiger partial charge in [-0.1, -0.05) is 0 Å². The first-order valence-electron chi connectivity index (χ1n) is 6.12. The predicted octanol–water partition coefficient (Wildman–Crippen LogP) is 1.66. The number of ether oxygens (including phenoxy) is 1. The topological polar surface area (TPSA) is 82.3 Å². The van der Waals surface area contributed by atoms with E-state index in [2.05, 4.69) is 4.98 Å². The van der Waals surface area contributed by atoms with E-state index in [1.165, 1.54) is 6.07 Å². The van der Waals surface area contributed by atoms with Crippen molar-refractivity contribution in [1.29, 1.82) is 0 Å². The van der Waals surface area contributed by atoms with Gasteiger partial charge in [-0.2, -0.15) is 0 Å². The number of benzene rings is 1. The molecule has 20 heavy (non-hydrogen) atoms. The Labute approximate surface area is 118 Å². The quantitative estimate of drug-likeness (QED) is 0.908. The lowest BCUT2D eigenvalue weighted by molar-refractivity contribution is 0.321. The molecule has 106 valence electrons. The summed E-state index contributed by atoms with van der Waals surface area (Å²) in [6.45, 7) is 2.20. The fourth-order valence-corrected chi connectivity index (χ4v) is 2.63. The normalized spacial score (nSPS) is 11.3. The van der Waals surface area contributed by atoms with Gasteiger partial charge in [0.2, 0.25) is 10.0 Å². The van der Waals surface area contributed by atoms with Crippen LogP contribution in [0.25, 0.3) is 0 Å². The Morgan fingerprint density at radius 1 is 1.20 bits per heavy atom. The lowest BCUT2D eigenvalue weighted by atomic mass is 10.2. The Morgan fingerprint density at radius 2 is 1.90 bits per heavy atom. The van der Waals surface area contributed by atoms with Crippen LogP contribution in [0.3, 0.4) is 0 Å². The Balaban J connectivity index is 1.99. The summed E-state index contributed by atoms with van der Waals surface area (Å²) in [4.78, 5) is 4.07. The maximum atomic E-state index is 11.3. The molecule has 0 aliphatic heterocycles. The number of hydrogen-bond donors (Lipinski definition) is 1. The maximum absolute atomic E-state index is 11.3. The van der Waals surface area contributed by atoms with Gasteiger partial charge in [0.15, 0.2) is 0 Å². The predicted molar refractivity (Wildman–Crippen MR) is 76.0 cm³/mol. The van der Waals surface area contributed by atoms with E-state index in [-0.39, 0.29) is 4.90 Å². The Morgan fingerprint density at radius 3 is 2.50 bits per heavy atom. The molecule has 1 aromatic carbocycles. The van der Waals surface area contributed by atoms with Crippen molar-refractivity contribution in [3.63, 3.8) is 0 Å². The van der Waals surface area contributed by atoms with E-state index >= 15 is 0 Å². The third kappa shape index (κ3) is 3.79. The number of rotatable bonds is 5. The average Bonchev–Trinajstić information content (AvgIpc) is 2.38. The highest BCUT2D eigenvalue weighted by Crippen LogP contribution is 2.20. The van der Waals surface area contributed by atoms with Gasteiger partial charge in [0, 0.05) is 18.8 Å². The van der Waals surface area contributed by atoms with Crippen LogP contribution in [0.5, 0.6) is 5.75 Å². The zero-order valence-electron chi connectivity index (χ0n) is 11.1. The van der Waals surface area contributed by atoms with Crippen molar-refractivity contribution < 1.29 is 13.2 Å². The molecule has 0 aliphatic rings. The molecule has 2 N–H and O–H groups in total. The first-order chi connectivity index (χ1) is 9.47. The van der Waals surface area contributed by atoms with Crippen LogP contribution in [0, 0.1) is 6.92 Å². The third-order valence-corrected chi connectivity index (χ3v) is 3.93. The van der Waals surface area contributed by atoms with Crippen molar-refractivity contribution in [2.75, 3.05) is 6.61 Å². The van der Waals surface area contributed by atoms with Gasteiger partial charge >= 0.3 is 0 Å². The van der Waals surface area contributed by atoms with Crippen molar-refractivity contribution in [3.05, 3.63) is 53.9 Å². The van der Waals surface area contributed by atoms with Crippen molar-refractivity contribution in [2.45, 2.75) is 18.2 Å². The molecule has 6 heteroatoms. The number of sulfonamides is 1. The summed E-state index contributed by atoms with van der Waals surface area (Å²) in [7, 11) is -3.68. The van der Waals surface area contributed by atoms with Crippen LogP contribution in [0.1, 0.15) is 11.1 Å². The number of aromatic nitrogens is 1. The summed E-state index contributed by atoms with van der Waals surface area (Å²) >= 11 is 0. The first-order valence-corrected chi connectivity index (χ1v) is 7.66. The number of nitrogens with two attached hydrogens (primary N) is 1. The Hall–Kier alpha value is -1.92. The SMILES string of the molecule is Cc1cc(OCCc2ccncc2)ccc1S(N)(=O)=O. The summed E-state index contributed by atoms with van der Waals surface area (Å²) in [5.41, 5.74) is 1.71. The molecule has 2 rings (SSSR count). The summed E-state index contributed by atoms with van der Waals surface area (Å²) in [6.07, 6.45) is 4.24. The monoisotopic (exact) mass is 292 g/mol. The zero-order valence-corrected chi connectivity index (χ0v) is 11.9. The summed E-state index contributed by atoms with van der Waals surface area (Å²) < 4.78 is 28.2. The number of nitrogens with zero attached hydrogens (tertiary/aromatic N) is 1. The van der Waals surface area contributed by atoms with Gasteiger partial charge in [-0.05, 0) is 48.4 Å². The molecular formula is C14H16N2O3S. The molecule has 0 radical (unpaired) electrons. The van der Waals surface area contributed by atoms with Gasteiger partial charge in [-0.15, -0.1) is 0 Å². The molecule has 1 heterocycles. The molecule has 5 nitrogen and oxygen atoms in total. The van der Waals surface area contributed by atoms with Gasteiger partial charge in [-0.3, -0.25) is 4.98 Å². The minimum atomic E-state index is -3.68. The smallest absolute Gasteiger partial charge is 0.238 e. The van der Waals surface area contributed by atoms with E-state index in [1.807, 2.05) is 12.1 Å². The molecule has 0 amide bonds. The highest BCUT2D eigenvalue weighted by molar-refractivity contribution is 7.89. The van der Waals surface area contributed by atoms with Gasteiger partial charge in [0.1, 0.15) is 5.75 Å². The van der Waals surface area contributed by atoms with Crippen LogP contribution in [-0.2, 0) is 16.4 Å². The molecular weight excluding hydrogens is 276 g/mol. The van der Waals surface area contributed by atoms with Crippen molar-refractivity contribution in [2.24, 2.45) is 5.14 Å². The van der Waals surface area contributed by atoms with E-state index in [9.17, 15) is 8.42 Å². The zero-order chi connectivity index (χ0) is 14.6. The van der Waals surface area contributed by atoms with E-state index in [1.54, 1.807) is 31.5 Å². The van der Waals surface area contributed by atoms with Gasteiger partial charge < -0.3 is 4.74 Å². The molecule has 0 atom stereocenters. The van der Waals surface area contributed by atoms with Gasteiger partial charge in [0.25, 0.3) is 0 Å². The summed E-state index contributed by atoms with van der Waals surface area (Å²) in [5.74, 6) is 0.629. The Bertz CT molecular complexity index is 685. The standard InChI is InChI=1S/C14H16N2O3S/c1-11-10-13(2-3-14(11)20(15,17)18)19-9-6-12-4-7-16-8-5-12/h2-5,7-8,10H,6,9H2,1H3,(H2,15,17,18). The fourth-order valence-electron chi connectivity index (χ4n) is 1.87. The fraction of sp³-hybridized carbons (Fsp3) is 0.214. The Kier molecular flexibility index (Phi) is 4.36. The lowest BCUT2D eigenvalue weighted by Crippen LogP contribution is -2.13. The largest absolute Gasteiger partial charge is 0.493 e. The lowest BCUT2D eigenvalue weighted by Gasteiger charge is -2.09. The van der Waals surface area contributed by atoms with Crippen molar-refractivity contribution in [1.82, 2.24) is 4.98 Å². The molecule has 0 aliphatic carbocycles. The number of primary sulfonamides is 1. The molecule has 0 spiro atoms. The second-order valence-electron chi connectivity index (χ2n) is 4.43. The number of pyridine rings is 1.